The molecule has 0 bridgehead atoms. The monoisotopic (exact) mass is 190 g/mol. The minimum Gasteiger partial charge on any atom is -0.280 e. The summed E-state index contributed by atoms with van der Waals surface area (Å²) in [6.07, 6.45) is 0. The molecule has 0 saturated carbocycles. The average molecular weight is 190 g/mol. The van der Waals surface area contributed by atoms with Gasteiger partial charge in [0, 0.05) is 36.3 Å². The largest absolute Gasteiger partial charge is 0.280 e. The van der Waals surface area contributed by atoms with Crippen molar-refractivity contribution in [2.45, 2.75) is 0 Å². The maximum absolute atomic E-state index is 2.54. The molecule has 0 aromatic heterocycles. The number of nitrogens with zero attached hydrogens (tertiary/aromatic N) is 2. The van der Waals surface area contributed by atoms with Crippen LogP contribution in [0.25, 0.3) is 0 Å². The molecule has 2 nitrogen and oxygen atoms in total. The van der Waals surface area contributed by atoms with Crippen LogP contribution in [0.1, 0.15) is 0 Å². The van der Waals surface area contributed by atoms with Crippen LogP contribution in [-0.4, -0.2) is 52.8 Å². The van der Waals surface area contributed by atoms with E-state index in [1.54, 1.807) is 0 Å². The molecule has 0 N–H and O–H groups in total. The zero-order valence-electron chi connectivity index (χ0n) is 6.66. The zero-order chi connectivity index (χ0) is 7.52. The van der Waals surface area contributed by atoms with Crippen molar-refractivity contribution in [1.82, 2.24) is 9.80 Å². The second kappa shape index (κ2) is 4.03. The summed E-state index contributed by atoms with van der Waals surface area (Å²) in [4.78, 5) is 5.08. The number of thioether (sulfide) groups is 2. The molecule has 0 aromatic rings. The first kappa shape index (κ1) is 8.23. The predicted molar refractivity (Wildman–Crippen MR) is 52.9 cm³/mol. The van der Waals surface area contributed by atoms with Crippen LogP contribution in [0, 0.1) is 0 Å². The highest BCUT2D eigenvalue weighted by molar-refractivity contribution is 7.99. The lowest BCUT2D eigenvalue weighted by molar-refractivity contribution is 0.198. The summed E-state index contributed by atoms with van der Waals surface area (Å²) in [5, 5.41) is 0. The third-order valence-electron chi connectivity index (χ3n) is 2.05. The first-order valence-electron chi connectivity index (χ1n) is 4.05. The van der Waals surface area contributed by atoms with E-state index in [1.165, 1.54) is 43.0 Å². The first-order valence-corrected chi connectivity index (χ1v) is 6.36. The Hall–Kier alpha value is 0.620. The summed E-state index contributed by atoms with van der Waals surface area (Å²) in [6, 6.07) is 0. The summed E-state index contributed by atoms with van der Waals surface area (Å²) >= 11 is 4.12. The van der Waals surface area contributed by atoms with Crippen molar-refractivity contribution in [2.75, 3.05) is 43.0 Å². The molecule has 0 radical (unpaired) electrons. The summed E-state index contributed by atoms with van der Waals surface area (Å²) in [7, 11) is 0. The topological polar surface area (TPSA) is 6.48 Å². The van der Waals surface area contributed by atoms with Crippen molar-refractivity contribution >= 4 is 23.5 Å². The molecular weight excluding hydrogens is 176 g/mol. The Morgan fingerprint density at radius 2 is 1.45 bits per heavy atom. The van der Waals surface area contributed by atoms with Crippen molar-refractivity contribution in [1.29, 1.82) is 0 Å². The van der Waals surface area contributed by atoms with Gasteiger partial charge in [-0.25, -0.2) is 0 Å². The molecule has 64 valence electrons. The Bertz CT molecular complexity index is 106. The average Bonchev–Trinajstić information content (AvgIpc) is 2.60. The fourth-order valence-electron chi connectivity index (χ4n) is 1.41. The molecule has 2 aliphatic rings. The molecular formula is C7H14N2S2. The van der Waals surface area contributed by atoms with E-state index in [0.717, 1.165) is 0 Å². The molecule has 2 heterocycles. The van der Waals surface area contributed by atoms with Gasteiger partial charge in [0.05, 0.1) is 6.67 Å². The molecule has 2 rings (SSSR count). The molecule has 4 heteroatoms. The van der Waals surface area contributed by atoms with Crippen LogP contribution in [0.2, 0.25) is 0 Å². The van der Waals surface area contributed by atoms with E-state index in [1.807, 2.05) is 0 Å². The van der Waals surface area contributed by atoms with E-state index >= 15 is 0 Å². The van der Waals surface area contributed by atoms with Crippen molar-refractivity contribution in [3.8, 4) is 0 Å². The number of rotatable bonds is 2. The lowest BCUT2D eigenvalue weighted by Crippen LogP contribution is -2.34. The Morgan fingerprint density at radius 3 is 1.82 bits per heavy atom. The molecule has 0 aromatic carbocycles. The number of hydrogen-bond acceptors (Lipinski definition) is 4. The van der Waals surface area contributed by atoms with Gasteiger partial charge in [-0.05, 0) is 0 Å². The van der Waals surface area contributed by atoms with Gasteiger partial charge in [-0.3, -0.25) is 9.80 Å². The van der Waals surface area contributed by atoms with Crippen LogP contribution in [0.5, 0.6) is 0 Å². The van der Waals surface area contributed by atoms with Gasteiger partial charge in [0.1, 0.15) is 0 Å². The van der Waals surface area contributed by atoms with Gasteiger partial charge in [-0.15, -0.1) is 23.5 Å². The van der Waals surface area contributed by atoms with Gasteiger partial charge in [-0.2, -0.15) is 0 Å². The van der Waals surface area contributed by atoms with Gasteiger partial charge in [0.15, 0.2) is 0 Å². The minimum atomic E-state index is 1.21. The molecule has 0 amide bonds. The highest BCUT2D eigenvalue weighted by atomic mass is 32.2. The smallest absolute Gasteiger partial charge is 0.0522 e. The predicted octanol–water partition coefficient (Wildman–Crippen LogP) is 0.957. The Labute approximate surface area is 76.7 Å². The fourth-order valence-corrected chi connectivity index (χ4v) is 3.38. The van der Waals surface area contributed by atoms with Crippen molar-refractivity contribution in [2.24, 2.45) is 0 Å². The van der Waals surface area contributed by atoms with Crippen LogP contribution in [0.3, 0.4) is 0 Å². The SMILES string of the molecule is C1CN(CN2CCSC2)CS1. The van der Waals surface area contributed by atoms with Gasteiger partial charge in [-0.1, -0.05) is 0 Å². The van der Waals surface area contributed by atoms with E-state index in [0.29, 0.717) is 0 Å². The third kappa shape index (κ3) is 2.28. The van der Waals surface area contributed by atoms with Gasteiger partial charge in [0.25, 0.3) is 0 Å². The van der Waals surface area contributed by atoms with Crippen LogP contribution in [0.15, 0.2) is 0 Å². The van der Waals surface area contributed by atoms with Gasteiger partial charge in [0.2, 0.25) is 0 Å². The second-order valence-corrected chi connectivity index (χ2v) is 5.15. The van der Waals surface area contributed by atoms with E-state index in [9.17, 15) is 0 Å². The maximum Gasteiger partial charge on any atom is 0.0522 e. The van der Waals surface area contributed by atoms with Crippen LogP contribution in [-0.2, 0) is 0 Å². The molecule has 0 atom stereocenters. The molecule has 0 aliphatic carbocycles. The normalized spacial score (nSPS) is 28.4. The quantitative estimate of drug-likeness (QED) is 0.639. The Balaban J connectivity index is 1.71. The summed E-state index contributed by atoms with van der Waals surface area (Å²) < 4.78 is 0. The summed E-state index contributed by atoms with van der Waals surface area (Å²) in [5.74, 6) is 5.17. The fraction of sp³-hybridized carbons (Fsp3) is 1.00. The molecule has 11 heavy (non-hydrogen) atoms. The van der Waals surface area contributed by atoms with Crippen molar-refractivity contribution < 1.29 is 0 Å². The van der Waals surface area contributed by atoms with Gasteiger partial charge >= 0.3 is 0 Å². The van der Waals surface area contributed by atoms with E-state index in [-0.39, 0.29) is 0 Å². The lowest BCUT2D eigenvalue weighted by Gasteiger charge is -2.21. The molecule has 2 fully saturated rings. The van der Waals surface area contributed by atoms with Crippen molar-refractivity contribution in [3.63, 3.8) is 0 Å². The summed E-state index contributed by atoms with van der Waals surface area (Å²) in [5.41, 5.74) is 0. The van der Waals surface area contributed by atoms with E-state index in [2.05, 4.69) is 33.3 Å². The Kier molecular flexibility index (Phi) is 3.01. The standard InChI is InChI=1S/C7H14N2S2/c1-3-10-6-8(1)5-9-2-4-11-7-9/h1-7H2. The second-order valence-electron chi connectivity index (χ2n) is 3.00. The van der Waals surface area contributed by atoms with E-state index in [4.69, 9.17) is 0 Å². The highest BCUT2D eigenvalue weighted by Crippen LogP contribution is 2.17. The Morgan fingerprint density at radius 1 is 0.909 bits per heavy atom. The van der Waals surface area contributed by atoms with Crippen LogP contribution >= 0.6 is 23.5 Å². The number of hydrogen-bond donors (Lipinski definition) is 0. The van der Waals surface area contributed by atoms with Crippen LogP contribution < -0.4 is 0 Å². The van der Waals surface area contributed by atoms with Crippen LogP contribution in [0.4, 0.5) is 0 Å². The molecule has 0 unspecified atom stereocenters. The minimum absolute atomic E-state index is 1.21. The first-order chi connectivity index (χ1) is 5.45. The third-order valence-corrected chi connectivity index (χ3v) is 4.09. The summed E-state index contributed by atoms with van der Waals surface area (Å²) in [6.45, 7) is 3.80. The zero-order valence-corrected chi connectivity index (χ0v) is 8.29. The lowest BCUT2D eigenvalue weighted by atomic mass is 10.6. The molecule has 2 saturated heterocycles. The van der Waals surface area contributed by atoms with E-state index < -0.39 is 0 Å². The highest BCUT2D eigenvalue weighted by Gasteiger charge is 2.18. The maximum atomic E-state index is 2.54. The van der Waals surface area contributed by atoms with Crippen molar-refractivity contribution in [3.05, 3.63) is 0 Å². The van der Waals surface area contributed by atoms with Gasteiger partial charge < -0.3 is 0 Å². The molecule has 2 aliphatic heterocycles. The molecule has 0 spiro atoms.